The Morgan fingerprint density at radius 3 is 2.67 bits per heavy atom. The summed E-state index contributed by atoms with van der Waals surface area (Å²) >= 11 is 0. The van der Waals surface area contributed by atoms with E-state index in [1.165, 1.54) is 10.5 Å². The number of sulfonamides is 1. The number of hydrogen-bond acceptors (Lipinski definition) is 4. The Morgan fingerprint density at radius 2 is 2.11 bits per heavy atom. The van der Waals surface area contributed by atoms with Gasteiger partial charge in [-0.2, -0.15) is 4.31 Å². The summed E-state index contributed by atoms with van der Waals surface area (Å²) in [6.07, 6.45) is 8.33. The number of rotatable bonds is 4. The number of anilines is 1. The Kier molecular flexibility index (Phi) is 3.84. The van der Waals surface area contributed by atoms with Crippen molar-refractivity contribution < 1.29 is 8.42 Å². The van der Waals surface area contributed by atoms with Crippen molar-refractivity contribution in [3.8, 4) is 12.3 Å². The van der Waals surface area contributed by atoms with Gasteiger partial charge in [0.25, 0.3) is 0 Å². The van der Waals surface area contributed by atoms with Crippen LogP contribution in [0.3, 0.4) is 0 Å². The van der Waals surface area contributed by atoms with Crippen LogP contribution in [-0.2, 0) is 10.0 Å². The van der Waals surface area contributed by atoms with Crippen molar-refractivity contribution in [2.45, 2.75) is 17.7 Å². The average molecular weight is 265 g/mol. The van der Waals surface area contributed by atoms with E-state index in [4.69, 9.17) is 6.42 Å². The SMILES string of the molecule is C#CCNc1ccc(S(=O)(=O)N2CCCC2)cn1. The Bertz CT molecular complexity index is 540. The zero-order valence-electron chi connectivity index (χ0n) is 9.96. The highest BCUT2D eigenvalue weighted by molar-refractivity contribution is 7.89. The van der Waals surface area contributed by atoms with Crippen LogP contribution in [-0.4, -0.2) is 37.3 Å². The van der Waals surface area contributed by atoms with Crippen molar-refractivity contribution in [1.29, 1.82) is 0 Å². The van der Waals surface area contributed by atoms with E-state index >= 15 is 0 Å². The fraction of sp³-hybridized carbons (Fsp3) is 0.417. The van der Waals surface area contributed by atoms with E-state index in [2.05, 4.69) is 16.2 Å². The van der Waals surface area contributed by atoms with Crippen LogP contribution in [0.5, 0.6) is 0 Å². The minimum absolute atomic E-state index is 0.232. The topological polar surface area (TPSA) is 62.3 Å². The molecule has 1 aromatic heterocycles. The summed E-state index contributed by atoms with van der Waals surface area (Å²) < 4.78 is 25.9. The average Bonchev–Trinajstić information content (AvgIpc) is 2.91. The molecule has 0 atom stereocenters. The molecule has 0 spiro atoms. The predicted octanol–water partition coefficient (Wildman–Crippen LogP) is 0.911. The maximum Gasteiger partial charge on any atom is 0.244 e. The molecule has 1 N–H and O–H groups in total. The molecule has 1 aliphatic rings. The van der Waals surface area contributed by atoms with Gasteiger partial charge in [0, 0.05) is 19.3 Å². The van der Waals surface area contributed by atoms with Gasteiger partial charge in [-0.15, -0.1) is 6.42 Å². The molecule has 1 fully saturated rings. The van der Waals surface area contributed by atoms with E-state index in [1.54, 1.807) is 12.1 Å². The van der Waals surface area contributed by atoms with Gasteiger partial charge in [-0.05, 0) is 25.0 Å². The van der Waals surface area contributed by atoms with Gasteiger partial charge in [0.1, 0.15) is 10.7 Å². The molecule has 2 rings (SSSR count). The second-order valence-corrected chi connectivity index (χ2v) is 5.99. The molecule has 6 heteroatoms. The first kappa shape index (κ1) is 12.9. The lowest BCUT2D eigenvalue weighted by Crippen LogP contribution is -2.27. The number of nitrogens with one attached hydrogen (secondary N) is 1. The molecule has 0 aromatic carbocycles. The van der Waals surface area contributed by atoms with Crippen molar-refractivity contribution in [3.63, 3.8) is 0 Å². The molecule has 0 radical (unpaired) electrons. The Hall–Kier alpha value is -1.58. The van der Waals surface area contributed by atoms with Gasteiger partial charge in [-0.25, -0.2) is 13.4 Å². The lowest BCUT2D eigenvalue weighted by atomic mass is 10.4. The number of terminal acetylenes is 1. The van der Waals surface area contributed by atoms with Crippen LogP contribution in [0, 0.1) is 12.3 Å². The number of nitrogens with zero attached hydrogens (tertiary/aromatic N) is 2. The summed E-state index contributed by atoms with van der Waals surface area (Å²) in [6, 6.07) is 3.18. The van der Waals surface area contributed by atoms with Crippen LogP contribution in [0.1, 0.15) is 12.8 Å². The van der Waals surface area contributed by atoms with E-state index in [-0.39, 0.29) is 4.90 Å². The molecule has 1 saturated heterocycles. The van der Waals surface area contributed by atoms with Gasteiger partial charge in [-0.3, -0.25) is 0 Å². The first-order valence-electron chi connectivity index (χ1n) is 5.78. The van der Waals surface area contributed by atoms with E-state index in [0.717, 1.165) is 12.8 Å². The van der Waals surface area contributed by atoms with Crippen molar-refractivity contribution in [2.75, 3.05) is 25.0 Å². The molecule has 96 valence electrons. The highest BCUT2D eigenvalue weighted by Gasteiger charge is 2.27. The predicted molar refractivity (Wildman–Crippen MR) is 69.6 cm³/mol. The largest absolute Gasteiger partial charge is 0.359 e. The fourth-order valence-corrected chi connectivity index (χ4v) is 3.32. The van der Waals surface area contributed by atoms with Gasteiger partial charge in [0.15, 0.2) is 0 Å². The summed E-state index contributed by atoms with van der Waals surface area (Å²) in [4.78, 5) is 4.27. The second-order valence-electron chi connectivity index (χ2n) is 4.05. The third-order valence-corrected chi connectivity index (χ3v) is 4.69. The van der Waals surface area contributed by atoms with E-state index in [0.29, 0.717) is 25.5 Å². The third-order valence-electron chi connectivity index (χ3n) is 2.81. The Balaban J connectivity index is 2.16. The molecule has 0 saturated carbocycles. The summed E-state index contributed by atoms with van der Waals surface area (Å²) in [5.41, 5.74) is 0. The minimum atomic E-state index is -3.37. The Labute approximate surface area is 107 Å². The zero-order chi connectivity index (χ0) is 13.0. The lowest BCUT2D eigenvalue weighted by molar-refractivity contribution is 0.477. The lowest BCUT2D eigenvalue weighted by Gasteiger charge is -2.15. The van der Waals surface area contributed by atoms with Crippen LogP contribution in [0.4, 0.5) is 5.82 Å². The molecule has 1 aliphatic heterocycles. The van der Waals surface area contributed by atoms with Crippen LogP contribution >= 0.6 is 0 Å². The van der Waals surface area contributed by atoms with Crippen molar-refractivity contribution in [2.24, 2.45) is 0 Å². The zero-order valence-corrected chi connectivity index (χ0v) is 10.8. The summed E-state index contributed by atoms with van der Waals surface area (Å²) in [5, 5.41) is 2.89. The molecule has 18 heavy (non-hydrogen) atoms. The minimum Gasteiger partial charge on any atom is -0.359 e. The van der Waals surface area contributed by atoms with Gasteiger partial charge in [0.2, 0.25) is 10.0 Å². The number of pyridine rings is 1. The third kappa shape index (κ3) is 2.63. The maximum atomic E-state index is 12.2. The first-order valence-corrected chi connectivity index (χ1v) is 7.22. The normalized spacial score (nSPS) is 16.4. The van der Waals surface area contributed by atoms with Crippen LogP contribution in [0.2, 0.25) is 0 Å². The quantitative estimate of drug-likeness (QED) is 0.822. The van der Waals surface area contributed by atoms with Gasteiger partial charge >= 0.3 is 0 Å². The molecule has 0 aliphatic carbocycles. The van der Waals surface area contributed by atoms with Crippen molar-refractivity contribution >= 4 is 15.8 Å². The first-order chi connectivity index (χ1) is 8.64. The molecule has 5 nitrogen and oxygen atoms in total. The maximum absolute atomic E-state index is 12.2. The highest BCUT2D eigenvalue weighted by Crippen LogP contribution is 2.20. The number of aromatic nitrogens is 1. The van der Waals surface area contributed by atoms with Crippen LogP contribution in [0.15, 0.2) is 23.2 Å². The standard InChI is InChI=1S/C12H15N3O2S/c1-2-7-13-12-6-5-11(10-14-12)18(16,17)15-8-3-4-9-15/h1,5-6,10H,3-4,7-9H2,(H,13,14). The molecule has 0 bridgehead atoms. The molecule has 1 aromatic rings. The van der Waals surface area contributed by atoms with E-state index in [9.17, 15) is 8.42 Å². The summed E-state index contributed by atoms with van der Waals surface area (Å²) in [5.74, 6) is 3.01. The van der Waals surface area contributed by atoms with Crippen LogP contribution in [0.25, 0.3) is 0 Å². The molecule has 0 amide bonds. The van der Waals surface area contributed by atoms with Gasteiger partial charge < -0.3 is 5.32 Å². The fourth-order valence-electron chi connectivity index (χ4n) is 1.86. The smallest absolute Gasteiger partial charge is 0.244 e. The Morgan fingerprint density at radius 1 is 1.39 bits per heavy atom. The van der Waals surface area contributed by atoms with Crippen LogP contribution < -0.4 is 5.32 Å². The molecular weight excluding hydrogens is 250 g/mol. The monoisotopic (exact) mass is 265 g/mol. The molecule has 2 heterocycles. The summed E-state index contributed by atoms with van der Waals surface area (Å²) in [6.45, 7) is 1.56. The van der Waals surface area contributed by atoms with Gasteiger partial charge in [0.05, 0.1) is 6.54 Å². The highest BCUT2D eigenvalue weighted by atomic mass is 32.2. The number of hydrogen-bond donors (Lipinski definition) is 1. The van der Waals surface area contributed by atoms with E-state index < -0.39 is 10.0 Å². The second kappa shape index (κ2) is 5.38. The van der Waals surface area contributed by atoms with E-state index in [1.807, 2.05) is 0 Å². The molecule has 0 unspecified atom stereocenters. The molecular formula is C12H15N3O2S. The van der Waals surface area contributed by atoms with Crippen molar-refractivity contribution in [3.05, 3.63) is 18.3 Å². The van der Waals surface area contributed by atoms with Crippen molar-refractivity contribution in [1.82, 2.24) is 9.29 Å². The summed E-state index contributed by atoms with van der Waals surface area (Å²) in [7, 11) is -3.37. The van der Waals surface area contributed by atoms with Gasteiger partial charge in [-0.1, -0.05) is 5.92 Å².